The lowest BCUT2D eigenvalue weighted by Gasteiger charge is -2.33. The number of aliphatic hydroxyl groups excluding tert-OH is 1. The van der Waals surface area contributed by atoms with Gasteiger partial charge in [0.2, 0.25) is 10.0 Å². The Morgan fingerprint density at radius 2 is 1.84 bits per heavy atom. The van der Waals surface area contributed by atoms with Crippen LogP contribution in [-0.4, -0.2) is 80.4 Å². The van der Waals surface area contributed by atoms with Crippen molar-refractivity contribution in [2.45, 2.75) is 26.3 Å². The van der Waals surface area contributed by atoms with Gasteiger partial charge in [-0.2, -0.15) is 4.31 Å². The van der Waals surface area contributed by atoms with E-state index in [1.807, 2.05) is 0 Å². The summed E-state index contributed by atoms with van der Waals surface area (Å²) in [5.41, 5.74) is 0. The van der Waals surface area contributed by atoms with Gasteiger partial charge in [-0.3, -0.25) is 4.90 Å². The molecule has 0 radical (unpaired) electrons. The standard InChI is InChI=1S/C12H27N3O3S/c1-12(2)13-4-3-11-19(17,18)15-7-5-14(6-8-15)9-10-16/h12-13,16H,3-11H2,1-2H3. The molecule has 0 spiro atoms. The number of aliphatic hydroxyl groups is 1. The number of β-amino-alcohol motifs (C(OH)–C–C–N with tert-alkyl or cyclic N) is 1. The first-order valence-electron chi connectivity index (χ1n) is 7.00. The zero-order chi connectivity index (χ0) is 14.3. The molecule has 6 nitrogen and oxygen atoms in total. The van der Waals surface area contributed by atoms with E-state index in [1.165, 1.54) is 0 Å². The minimum Gasteiger partial charge on any atom is -0.395 e. The molecule has 114 valence electrons. The van der Waals surface area contributed by atoms with Gasteiger partial charge in [-0.1, -0.05) is 13.8 Å². The molecule has 0 amide bonds. The SMILES string of the molecule is CC(C)NCCCS(=O)(=O)N1CCN(CCO)CC1. The van der Waals surface area contributed by atoms with Crippen LogP contribution in [0.5, 0.6) is 0 Å². The molecule has 0 atom stereocenters. The summed E-state index contributed by atoms with van der Waals surface area (Å²) >= 11 is 0. The van der Waals surface area contributed by atoms with Crippen LogP contribution in [0.3, 0.4) is 0 Å². The number of nitrogens with one attached hydrogen (secondary N) is 1. The van der Waals surface area contributed by atoms with E-state index >= 15 is 0 Å². The fraction of sp³-hybridized carbons (Fsp3) is 1.00. The van der Waals surface area contributed by atoms with Crippen molar-refractivity contribution >= 4 is 10.0 Å². The highest BCUT2D eigenvalue weighted by Gasteiger charge is 2.25. The lowest BCUT2D eigenvalue weighted by molar-refractivity contribution is 0.151. The Bertz CT molecular complexity index is 338. The minimum absolute atomic E-state index is 0.133. The Morgan fingerprint density at radius 1 is 1.21 bits per heavy atom. The van der Waals surface area contributed by atoms with Crippen molar-refractivity contribution in [3.8, 4) is 0 Å². The van der Waals surface area contributed by atoms with Gasteiger partial charge in [0.25, 0.3) is 0 Å². The van der Waals surface area contributed by atoms with Gasteiger partial charge >= 0.3 is 0 Å². The molecule has 1 fully saturated rings. The molecule has 7 heteroatoms. The number of nitrogens with zero attached hydrogens (tertiary/aromatic N) is 2. The van der Waals surface area contributed by atoms with E-state index in [1.54, 1.807) is 4.31 Å². The summed E-state index contributed by atoms with van der Waals surface area (Å²) in [5.74, 6) is 0.215. The number of piperazine rings is 1. The second-order valence-electron chi connectivity index (χ2n) is 5.24. The van der Waals surface area contributed by atoms with Crippen LogP contribution in [0.15, 0.2) is 0 Å². The highest BCUT2D eigenvalue weighted by atomic mass is 32.2. The molecule has 0 aromatic carbocycles. The van der Waals surface area contributed by atoms with Gasteiger partial charge in [0.1, 0.15) is 0 Å². The van der Waals surface area contributed by atoms with Gasteiger partial charge in [-0.15, -0.1) is 0 Å². The summed E-state index contributed by atoms with van der Waals surface area (Å²) < 4.78 is 25.8. The molecule has 0 aromatic heterocycles. The third kappa shape index (κ3) is 6.18. The van der Waals surface area contributed by atoms with Crippen molar-refractivity contribution in [3.05, 3.63) is 0 Å². The summed E-state index contributed by atoms with van der Waals surface area (Å²) in [4.78, 5) is 2.09. The molecular weight excluding hydrogens is 266 g/mol. The molecule has 0 aliphatic carbocycles. The lowest BCUT2D eigenvalue weighted by atomic mass is 10.3. The molecule has 1 saturated heterocycles. The van der Waals surface area contributed by atoms with Gasteiger partial charge in [0.05, 0.1) is 12.4 Å². The molecule has 19 heavy (non-hydrogen) atoms. The average Bonchev–Trinajstić information content (AvgIpc) is 2.36. The maximum atomic E-state index is 12.1. The highest BCUT2D eigenvalue weighted by molar-refractivity contribution is 7.89. The number of hydrogen-bond acceptors (Lipinski definition) is 5. The highest BCUT2D eigenvalue weighted by Crippen LogP contribution is 2.08. The van der Waals surface area contributed by atoms with Crippen LogP contribution in [0.4, 0.5) is 0 Å². The molecule has 2 N–H and O–H groups in total. The summed E-state index contributed by atoms with van der Waals surface area (Å²) in [6.07, 6.45) is 0.650. The quantitative estimate of drug-likeness (QED) is 0.580. The van der Waals surface area contributed by atoms with Gasteiger partial charge in [0, 0.05) is 38.8 Å². The fourth-order valence-electron chi connectivity index (χ4n) is 2.15. The van der Waals surface area contributed by atoms with E-state index in [0.717, 1.165) is 6.54 Å². The van der Waals surface area contributed by atoms with Crippen molar-refractivity contribution in [2.75, 3.05) is 51.6 Å². The van der Waals surface area contributed by atoms with E-state index < -0.39 is 10.0 Å². The van der Waals surface area contributed by atoms with Crippen molar-refractivity contribution in [1.82, 2.24) is 14.5 Å². The Morgan fingerprint density at radius 3 is 2.37 bits per heavy atom. The van der Waals surface area contributed by atoms with Crippen LogP contribution in [-0.2, 0) is 10.0 Å². The van der Waals surface area contributed by atoms with Gasteiger partial charge in [-0.25, -0.2) is 8.42 Å². The van der Waals surface area contributed by atoms with E-state index in [0.29, 0.717) is 45.2 Å². The summed E-state index contributed by atoms with van der Waals surface area (Å²) in [7, 11) is -3.12. The smallest absolute Gasteiger partial charge is 0.214 e. The van der Waals surface area contributed by atoms with Crippen LogP contribution in [0, 0.1) is 0 Å². The maximum Gasteiger partial charge on any atom is 0.214 e. The summed E-state index contributed by atoms with van der Waals surface area (Å²) in [6.45, 7) is 8.11. The summed E-state index contributed by atoms with van der Waals surface area (Å²) in [5, 5.41) is 12.1. The predicted molar refractivity (Wildman–Crippen MR) is 76.6 cm³/mol. The molecular formula is C12H27N3O3S. The zero-order valence-electron chi connectivity index (χ0n) is 12.0. The first-order valence-corrected chi connectivity index (χ1v) is 8.61. The van der Waals surface area contributed by atoms with Crippen molar-refractivity contribution in [3.63, 3.8) is 0 Å². The van der Waals surface area contributed by atoms with E-state index in [9.17, 15) is 8.42 Å². The van der Waals surface area contributed by atoms with Crippen LogP contribution < -0.4 is 5.32 Å². The van der Waals surface area contributed by atoms with Crippen LogP contribution in [0.2, 0.25) is 0 Å². The average molecular weight is 293 g/mol. The Labute approximate surface area is 116 Å². The van der Waals surface area contributed by atoms with Gasteiger partial charge < -0.3 is 10.4 Å². The predicted octanol–water partition coefficient (Wildman–Crippen LogP) is -0.686. The van der Waals surface area contributed by atoms with E-state index in [2.05, 4.69) is 24.1 Å². The van der Waals surface area contributed by atoms with Crippen molar-refractivity contribution in [2.24, 2.45) is 0 Å². The third-order valence-electron chi connectivity index (χ3n) is 3.27. The first-order chi connectivity index (χ1) is 8.95. The zero-order valence-corrected chi connectivity index (χ0v) is 12.8. The number of sulfonamides is 1. The molecule has 0 aromatic rings. The monoisotopic (exact) mass is 293 g/mol. The molecule has 1 heterocycles. The second-order valence-corrected chi connectivity index (χ2v) is 7.33. The lowest BCUT2D eigenvalue weighted by Crippen LogP contribution is -2.49. The minimum atomic E-state index is -3.12. The van der Waals surface area contributed by atoms with Gasteiger partial charge in [0.15, 0.2) is 0 Å². The number of hydrogen-bond donors (Lipinski definition) is 2. The fourth-order valence-corrected chi connectivity index (χ4v) is 3.63. The Hall–Kier alpha value is -0.210. The molecule has 1 rings (SSSR count). The Balaban J connectivity index is 2.30. The molecule has 1 aliphatic rings. The van der Waals surface area contributed by atoms with Gasteiger partial charge in [-0.05, 0) is 13.0 Å². The largest absolute Gasteiger partial charge is 0.395 e. The van der Waals surface area contributed by atoms with E-state index in [-0.39, 0.29) is 12.4 Å². The first kappa shape index (κ1) is 16.8. The van der Waals surface area contributed by atoms with Crippen molar-refractivity contribution in [1.29, 1.82) is 0 Å². The normalized spacial score (nSPS) is 19.2. The molecule has 0 bridgehead atoms. The Kier molecular flexibility index (Phi) is 7.23. The molecule has 0 saturated carbocycles. The van der Waals surface area contributed by atoms with Crippen LogP contribution in [0.25, 0.3) is 0 Å². The van der Waals surface area contributed by atoms with Crippen LogP contribution >= 0.6 is 0 Å². The van der Waals surface area contributed by atoms with Crippen LogP contribution in [0.1, 0.15) is 20.3 Å². The second kappa shape index (κ2) is 8.16. The maximum absolute atomic E-state index is 12.1. The third-order valence-corrected chi connectivity index (χ3v) is 5.23. The molecule has 0 unspecified atom stereocenters. The van der Waals surface area contributed by atoms with E-state index in [4.69, 9.17) is 5.11 Å². The summed E-state index contributed by atoms with van der Waals surface area (Å²) in [6, 6.07) is 0.393. The molecule has 1 aliphatic heterocycles. The topological polar surface area (TPSA) is 72.9 Å². The number of rotatable bonds is 8. The van der Waals surface area contributed by atoms with Crippen molar-refractivity contribution < 1.29 is 13.5 Å².